The zero-order chi connectivity index (χ0) is 11.3. The van der Waals surface area contributed by atoms with Gasteiger partial charge >= 0.3 is 0 Å². The van der Waals surface area contributed by atoms with Gasteiger partial charge in [0, 0.05) is 22.5 Å². The Kier molecular flexibility index (Phi) is 5.12. The summed E-state index contributed by atoms with van der Waals surface area (Å²) in [7, 11) is 0. The third-order valence-electron chi connectivity index (χ3n) is 2.03. The van der Waals surface area contributed by atoms with Crippen molar-refractivity contribution in [1.29, 1.82) is 0 Å². The lowest BCUT2D eigenvalue weighted by atomic mass is 10.1. The van der Waals surface area contributed by atoms with Crippen molar-refractivity contribution >= 4 is 33.4 Å². The molecule has 0 radical (unpaired) electrons. The molecule has 0 bridgehead atoms. The van der Waals surface area contributed by atoms with E-state index in [-0.39, 0.29) is 5.91 Å². The Balaban J connectivity index is 2.62. The van der Waals surface area contributed by atoms with Crippen molar-refractivity contribution in [2.75, 3.05) is 12.4 Å². The van der Waals surface area contributed by atoms with Gasteiger partial charge in [0.1, 0.15) is 0 Å². The normalized spacial score (nSPS) is 10.1. The maximum Gasteiger partial charge on any atom is 0.251 e. The molecule has 0 saturated carbocycles. The van der Waals surface area contributed by atoms with Crippen LogP contribution in [0.4, 0.5) is 0 Å². The molecule has 0 fully saturated rings. The van der Waals surface area contributed by atoms with Gasteiger partial charge in [-0.15, -0.1) is 11.6 Å². The third-order valence-corrected chi connectivity index (χ3v) is 3.15. The van der Waals surface area contributed by atoms with Crippen molar-refractivity contribution in [2.24, 2.45) is 0 Å². The summed E-state index contributed by atoms with van der Waals surface area (Å²) in [5.74, 6) is 0.513. The average Bonchev–Trinajstić information content (AvgIpc) is 2.22. The molecule has 2 nitrogen and oxygen atoms in total. The summed E-state index contributed by atoms with van der Waals surface area (Å²) >= 11 is 8.91. The van der Waals surface area contributed by atoms with E-state index >= 15 is 0 Å². The fourth-order valence-electron chi connectivity index (χ4n) is 1.10. The smallest absolute Gasteiger partial charge is 0.251 e. The lowest BCUT2D eigenvalue weighted by Crippen LogP contribution is -2.24. The van der Waals surface area contributed by atoms with Crippen LogP contribution in [0.15, 0.2) is 22.7 Å². The van der Waals surface area contributed by atoms with Crippen LogP contribution in [-0.4, -0.2) is 18.3 Å². The number of aryl methyl sites for hydroxylation is 1. The van der Waals surface area contributed by atoms with E-state index < -0.39 is 0 Å². The van der Waals surface area contributed by atoms with Crippen LogP contribution in [0.5, 0.6) is 0 Å². The predicted octanol–water partition coefficient (Wildman–Crippen LogP) is 3.12. The van der Waals surface area contributed by atoms with Gasteiger partial charge in [-0.1, -0.05) is 22.0 Å². The second-order valence-corrected chi connectivity index (χ2v) is 4.49. The van der Waals surface area contributed by atoms with Gasteiger partial charge in [-0.3, -0.25) is 4.79 Å². The van der Waals surface area contributed by atoms with E-state index in [1.165, 1.54) is 0 Å². The van der Waals surface area contributed by atoms with Gasteiger partial charge < -0.3 is 5.32 Å². The fraction of sp³-hybridized carbons (Fsp3) is 0.364. The Morgan fingerprint density at radius 1 is 1.53 bits per heavy atom. The van der Waals surface area contributed by atoms with Gasteiger partial charge in [0.25, 0.3) is 5.91 Å². The maximum atomic E-state index is 11.6. The van der Waals surface area contributed by atoms with E-state index in [0.717, 1.165) is 16.5 Å². The summed E-state index contributed by atoms with van der Waals surface area (Å²) in [5.41, 5.74) is 1.79. The first kappa shape index (κ1) is 12.5. The highest BCUT2D eigenvalue weighted by Crippen LogP contribution is 2.17. The summed E-state index contributed by atoms with van der Waals surface area (Å²) in [6.07, 6.45) is 0.792. The Bertz CT molecular complexity index is 354. The van der Waals surface area contributed by atoms with Crippen molar-refractivity contribution in [2.45, 2.75) is 13.3 Å². The summed E-state index contributed by atoms with van der Waals surface area (Å²) in [6.45, 7) is 2.60. The van der Waals surface area contributed by atoms with Crippen LogP contribution in [0, 0.1) is 6.92 Å². The number of alkyl halides is 1. The number of amides is 1. The number of halogens is 2. The zero-order valence-electron chi connectivity index (χ0n) is 8.52. The molecule has 0 aliphatic rings. The number of hydrogen-bond donors (Lipinski definition) is 1. The molecule has 1 N–H and O–H groups in total. The molecule has 1 rings (SSSR count). The van der Waals surface area contributed by atoms with E-state index in [9.17, 15) is 4.79 Å². The quantitative estimate of drug-likeness (QED) is 0.670. The molecule has 1 amide bonds. The minimum absolute atomic E-state index is 0.0548. The molecule has 1 aromatic rings. The first-order valence-electron chi connectivity index (χ1n) is 4.75. The average molecular weight is 291 g/mol. The minimum atomic E-state index is -0.0548. The highest BCUT2D eigenvalue weighted by atomic mass is 79.9. The topological polar surface area (TPSA) is 29.1 Å². The third kappa shape index (κ3) is 3.84. The molecule has 0 atom stereocenters. The van der Waals surface area contributed by atoms with E-state index in [0.29, 0.717) is 18.0 Å². The number of carbonyl (C=O) groups is 1. The Morgan fingerprint density at radius 3 is 2.87 bits per heavy atom. The summed E-state index contributed by atoms with van der Waals surface area (Å²) < 4.78 is 0.951. The van der Waals surface area contributed by atoms with Crippen LogP contribution >= 0.6 is 27.5 Å². The molecule has 4 heteroatoms. The largest absolute Gasteiger partial charge is 0.352 e. The van der Waals surface area contributed by atoms with Crippen molar-refractivity contribution in [3.8, 4) is 0 Å². The molecule has 0 heterocycles. The van der Waals surface area contributed by atoms with Crippen LogP contribution in [0.2, 0.25) is 0 Å². The standard InChI is InChI=1S/C11H13BrClNO/c1-8-3-4-9(7-10(8)12)11(15)14-6-2-5-13/h3-4,7H,2,5-6H2,1H3,(H,14,15). The molecule has 0 aromatic heterocycles. The molecule has 0 spiro atoms. The molecule has 15 heavy (non-hydrogen) atoms. The van der Waals surface area contributed by atoms with Crippen molar-refractivity contribution in [3.63, 3.8) is 0 Å². The monoisotopic (exact) mass is 289 g/mol. The van der Waals surface area contributed by atoms with Crippen LogP contribution in [0.25, 0.3) is 0 Å². The second kappa shape index (κ2) is 6.13. The van der Waals surface area contributed by atoms with Gasteiger partial charge in [-0.25, -0.2) is 0 Å². The van der Waals surface area contributed by atoms with Crippen LogP contribution in [0.1, 0.15) is 22.3 Å². The zero-order valence-corrected chi connectivity index (χ0v) is 10.9. The second-order valence-electron chi connectivity index (χ2n) is 3.26. The Morgan fingerprint density at radius 2 is 2.27 bits per heavy atom. The Hall–Kier alpha value is -0.540. The Labute approximate surface area is 103 Å². The lowest BCUT2D eigenvalue weighted by Gasteiger charge is -2.05. The summed E-state index contributed by atoms with van der Waals surface area (Å²) in [5, 5.41) is 2.80. The molecular formula is C11H13BrClNO. The van der Waals surface area contributed by atoms with Crippen molar-refractivity contribution in [3.05, 3.63) is 33.8 Å². The molecule has 0 aliphatic heterocycles. The molecular weight excluding hydrogens is 277 g/mol. The molecule has 1 aromatic carbocycles. The summed E-state index contributed by atoms with van der Waals surface area (Å²) in [4.78, 5) is 11.6. The SMILES string of the molecule is Cc1ccc(C(=O)NCCCCl)cc1Br. The highest BCUT2D eigenvalue weighted by Gasteiger charge is 2.05. The van der Waals surface area contributed by atoms with Crippen LogP contribution in [-0.2, 0) is 0 Å². The van der Waals surface area contributed by atoms with Gasteiger partial charge in [0.05, 0.1) is 0 Å². The first-order valence-corrected chi connectivity index (χ1v) is 6.08. The minimum Gasteiger partial charge on any atom is -0.352 e. The lowest BCUT2D eigenvalue weighted by molar-refractivity contribution is 0.0953. The number of benzene rings is 1. The first-order chi connectivity index (χ1) is 7.15. The fourth-order valence-corrected chi connectivity index (χ4v) is 1.62. The van der Waals surface area contributed by atoms with Gasteiger partial charge in [0.2, 0.25) is 0 Å². The molecule has 0 unspecified atom stereocenters. The van der Waals surface area contributed by atoms with Gasteiger partial charge in [-0.2, -0.15) is 0 Å². The maximum absolute atomic E-state index is 11.6. The van der Waals surface area contributed by atoms with Crippen molar-refractivity contribution in [1.82, 2.24) is 5.32 Å². The van der Waals surface area contributed by atoms with Crippen LogP contribution in [0.3, 0.4) is 0 Å². The molecule has 82 valence electrons. The molecule has 0 saturated heterocycles. The van der Waals surface area contributed by atoms with E-state index in [4.69, 9.17) is 11.6 Å². The van der Waals surface area contributed by atoms with E-state index in [1.807, 2.05) is 25.1 Å². The summed E-state index contributed by atoms with van der Waals surface area (Å²) in [6, 6.07) is 5.56. The van der Waals surface area contributed by atoms with Crippen LogP contribution < -0.4 is 5.32 Å². The number of nitrogens with one attached hydrogen (secondary N) is 1. The van der Waals surface area contributed by atoms with E-state index in [1.54, 1.807) is 0 Å². The van der Waals surface area contributed by atoms with E-state index in [2.05, 4.69) is 21.2 Å². The van der Waals surface area contributed by atoms with Crippen molar-refractivity contribution < 1.29 is 4.79 Å². The number of rotatable bonds is 4. The number of carbonyl (C=O) groups excluding carboxylic acids is 1. The predicted molar refractivity (Wildman–Crippen MR) is 66.5 cm³/mol. The van der Waals surface area contributed by atoms with Gasteiger partial charge in [-0.05, 0) is 31.0 Å². The highest BCUT2D eigenvalue weighted by molar-refractivity contribution is 9.10. The van der Waals surface area contributed by atoms with Gasteiger partial charge in [0.15, 0.2) is 0 Å². The molecule has 0 aliphatic carbocycles. The number of hydrogen-bond acceptors (Lipinski definition) is 1.